The van der Waals surface area contributed by atoms with Crippen LogP contribution in [0.2, 0.25) is 0 Å². The third-order valence-electron chi connectivity index (χ3n) is 9.19. The molecule has 57 heavy (non-hydrogen) atoms. The number of hydrogen-bond donors (Lipinski definition) is 5. The number of urea groups is 1. The third-order valence-corrected chi connectivity index (χ3v) is 9.19. The van der Waals surface area contributed by atoms with Crippen molar-refractivity contribution in [2.75, 3.05) is 59.3 Å². The van der Waals surface area contributed by atoms with E-state index >= 15 is 0 Å². The van der Waals surface area contributed by atoms with Crippen LogP contribution in [0.25, 0.3) is 0 Å². The van der Waals surface area contributed by atoms with E-state index in [9.17, 15) is 45.9 Å². The van der Waals surface area contributed by atoms with Crippen LogP contribution in [0.1, 0.15) is 58.8 Å². The molecule has 1 unspecified atom stereocenters. The summed E-state index contributed by atoms with van der Waals surface area (Å²) in [6, 6.07) is -3.87. The number of primary amides is 1. The molecule has 2 aliphatic carbocycles. The Morgan fingerprint density at radius 3 is 1.89 bits per heavy atom. The second-order valence-corrected chi connectivity index (χ2v) is 13.6. The Hall–Kier alpha value is -4.74. The van der Waals surface area contributed by atoms with E-state index in [1.165, 1.54) is 0 Å². The van der Waals surface area contributed by atoms with Gasteiger partial charge in [-0.15, -0.1) is 11.8 Å². The first-order valence-corrected chi connectivity index (χ1v) is 18.7. The zero-order valence-electron chi connectivity index (χ0n) is 31.8. The van der Waals surface area contributed by atoms with E-state index in [2.05, 4.69) is 37.8 Å². The number of benzene rings is 1. The Morgan fingerprint density at radius 1 is 0.754 bits per heavy atom. The van der Waals surface area contributed by atoms with Gasteiger partial charge in [0.1, 0.15) is 12.1 Å². The van der Waals surface area contributed by atoms with E-state index in [4.69, 9.17) is 24.7 Å². The van der Waals surface area contributed by atoms with E-state index in [-0.39, 0.29) is 72.0 Å². The summed E-state index contributed by atoms with van der Waals surface area (Å²) in [5.41, 5.74) is 5.00. The summed E-state index contributed by atoms with van der Waals surface area (Å²) in [6.45, 7) is 4.81. The van der Waals surface area contributed by atoms with Gasteiger partial charge in [0.25, 0.3) is 0 Å². The Kier molecular flexibility index (Phi) is 19.7. The Labute approximate surface area is 326 Å². The topological polar surface area (TPSA) is 206 Å². The Bertz CT molecular complexity index is 1560. The molecule has 0 saturated heterocycles. The first-order chi connectivity index (χ1) is 27.2. The minimum atomic E-state index is -2.47. The lowest BCUT2D eigenvalue weighted by Gasteiger charge is -2.25. The normalized spacial score (nSPS) is 18.1. The number of fused-ring (bicyclic) bond motifs is 1. The quantitative estimate of drug-likeness (QED) is 0.0196. The molecule has 1 aromatic rings. The van der Waals surface area contributed by atoms with Crippen LogP contribution in [0.5, 0.6) is 5.75 Å². The van der Waals surface area contributed by atoms with Crippen molar-refractivity contribution >= 4 is 29.9 Å². The van der Waals surface area contributed by atoms with Gasteiger partial charge in [0.2, 0.25) is 46.6 Å². The van der Waals surface area contributed by atoms with Crippen molar-refractivity contribution in [1.29, 1.82) is 0 Å². The minimum absolute atomic E-state index is 0.0416. The molecule has 0 aliphatic heterocycles. The highest BCUT2D eigenvalue weighted by molar-refractivity contribution is 5.91. The van der Waals surface area contributed by atoms with Gasteiger partial charge >= 0.3 is 18.1 Å². The fourth-order valence-corrected chi connectivity index (χ4v) is 6.09. The van der Waals surface area contributed by atoms with Crippen molar-refractivity contribution in [1.82, 2.24) is 21.3 Å². The number of rotatable bonds is 24. The summed E-state index contributed by atoms with van der Waals surface area (Å²) in [4.78, 5) is 61.7. The molecular weight excluding hydrogens is 769 g/mol. The van der Waals surface area contributed by atoms with Crippen molar-refractivity contribution < 1.29 is 69.6 Å². The van der Waals surface area contributed by atoms with Crippen LogP contribution in [0.15, 0.2) is 0 Å². The highest BCUT2D eigenvalue weighted by Gasteiger charge is 2.49. The van der Waals surface area contributed by atoms with Gasteiger partial charge in [-0.2, -0.15) is 8.78 Å². The zero-order valence-corrected chi connectivity index (χ0v) is 31.8. The molecule has 5 atom stereocenters. The second-order valence-electron chi connectivity index (χ2n) is 13.6. The number of carbonyl (C=O) groups is 5. The van der Waals surface area contributed by atoms with Crippen LogP contribution in [-0.4, -0.2) is 101 Å². The Balaban J connectivity index is 1.31. The molecule has 318 valence electrons. The molecule has 1 fully saturated rings. The van der Waals surface area contributed by atoms with Crippen LogP contribution in [0.4, 0.5) is 31.5 Å². The zero-order chi connectivity index (χ0) is 41.9. The molecule has 0 radical (unpaired) electrons. The Morgan fingerprint density at radius 2 is 1.32 bits per heavy atom. The molecule has 2 aliphatic rings. The smallest absolute Gasteiger partial charge is 0.407 e. The lowest BCUT2D eigenvalue weighted by atomic mass is 10.0. The number of halogens is 5. The maximum absolute atomic E-state index is 14.2. The van der Waals surface area contributed by atoms with E-state index < -0.39 is 82.7 Å². The molecule has 0 spiro atoms. The largest absolute Gasteiger partial charge is 0.449 e. The average molecular weight is 820 g/mol. The molecular formula is C37H50F5N5O10. The van der Waals surface area contributed by atoms with Crippen molar-refractivity contribution in [3.8, 4) is 17.6 Å². The summed E-state index contributed by atoms with van der Waals surface area (Å²) >= 11 is 0. The van der Waals surface area contributed by atoms with Crippen molar-refractivity contribution in [3.05, 3.63) is 29.1 Å². The first kappa shape index (κ1) is 46.6. The van der Waals surface area contributed by atoms with Gasteiger partial charge < -0.3 is 50.7 Å². The SMILES string of the molecule is CC(C)[C@H](NC(=O)CCOCCOCCOCCNC(=O)OCC1[C@H]2CCC#CCC[C@@H]12)C(=O)N[C@@H](CCCNC(N)=O)C(=O)Oc1c(F)c(F)c(F)c(F)c1F. The lowest BCUT2D eigenvalue weighted by molar-refractivity contribution is -0.141. The van der Waals surface area contributed by atoms with Crippen molar-refractivity contribution in [2.45, 2.75) is 70.9 Å². The number of ether oxygens (including phenoxy) is 5. The van der Waals surface area contributed by atoms with Crippen LogP contribution < -0.4 is 31.7 Å². The predicted molar refractivity (Wildman–Crippen MR) is 191 cm³/mol. The molecule has 0 bridgehead atoms. The van der Waals surface area contributed by atoms with Gasteiger partial charge in [-0.1, -0.05) is 13.8 Å². The molecule has 15 nitrogen and oxygen atoms in total. The molecule has 1 saturated carbocycles. The van der Waals surface area contributed by atoms with Crippen LogP contribution in [-0.2, 0) is 33.3 Å². The maximum atomic E-state index is 14.2. The second kappa shape index (κ2) is 24.1. The van der Waals surface area contributed by atoms with E-state index in [0.717, 1.165) is 25.7 Å². The highest BCUT2D eigenvalue weighted by atomic mass is 19.2. The van der Waals surface area contributed by atoms with Gasteiger partial charge in [0.15, 0.2) is 0 Å². The van der Waals surface area contributed by atoms with Crippen LogP contribution in [0, 0.1) is 64.6 Å². The summed E-state index contributed by atoms with van der Waals surface area (Å²) in [6.07, 6.45) is 2.88. The minimum Gasteiger partial charge on any atom is -0.449 e. The van der Waals surface area contributed by atoms with E-state index in [1.807, 2.05) is 0 Å². The molecule has 1 aromatic carbocycles. The van der Waals surface area contributed by atoms with Crippen LogP contribution in [0.3, 0.4) is 0 Å². The van der Waals surface area contributed by atoms with Gasteiger partial charge in [0.05, 0.1) is 46.2 Å². The number of hydrogen-bond acceptors (Lipinski definition) is 10. The number of esters is 1. The monoisotopic (exact) mass is 819 g/mol. The van der Waals surface area contributed by atoms with E-state index in [1.54, 1.807) is 13.8 Å². The predicted octanol–water partition coefficient (Wildman–Crippen LogP) is 2.97. The van der Waals surface area contributed by atoms with Crippen molar-refractivity contribution in [2.24, 2.45) is 29.4 Å². The number of nitrogens with one attached hydrogen (secondary N) is 4. The van der Waals surface area contributed by atoms with E-state index in [0.29, 0.717) is 24.4 Å². The molecule has 6 N–H and O–H groups in total. The number of carbonyl (C=O) groups excluding carboxylic acids is 5. The lowest BCUT2D eigenvalue weighted by Crippen LogP contribution is -2.54. The summed E-state index contributed by atoms with van der Waals surface area (Å²) in [5, 5.41) is 9.65. The third kappa shape index (κ3) is 15.6. The maximum Gasteiger partial charge on any atom is 0.407 e. The van der Waals surface area contributed by atoms with Gasteiger partial charge in [-0.05, 0) is 49.4 Å². The molecule has 5 amide bonds. The number of nitrogens with two attached hydrogens (primary N) is 1. The summed E-state index contributed by atoms with van der Waals surface area (Å²) in [5.74, 6) is -9.59. The fraction of sp³-hybridized carbons (Fsp3) is 0.649. The number of alkyl carbamates (subject to hydrolysis) is 1. The summed E-state index contributed by atoms with van der Waals surface area (Å²) < 4.78 is 95.3. The molecule has 3 rings (SSSR count). The van der Waals surface area contributed by atoms with Gasteiger partial charge in [0, 0.05) is 32.4 Å². The average Bonchev–Trinajstić information content (AvgIpc) is 3.82. The number of amides is 5. The molecule has 0 aromatic heterocycles. The standard InChI is InChI=1S/C37H50F5N5O10/c1-21(2)32(34(49)46-25(10-7-12-44-36(43)51)35(50)57-33-30(41)28(39)27(38)29(40)31(33)42)47-26(48)11-14-53-16-18-55-19-17-54-15-13-45-37(52)56-20-24-22-8-5-3-4-6-9-23(22)24/h21-25,32H,5-20H2,1-2H3,(H,45,52)(H,46,49)(H,47,48)(H3,43,44,51)/t22-,23+,24?,25-,32-/m0/s1. The molecule has 20 heteroatoms. The fourth-order valence-electron chi connectivity index (χ4n) is 6.09. The summed E-state index contributed by atoms with van der Waals surface area (Å²) in [7, 11) is 0. The van der Waals surface area contributed by atoms with Crippen LogP contribution >= 0.6 is 0 Å². The van der Waals surface area contributed by atoms with Gasteiger partial charge in [-0.25, -0.2) is 27.6 Å². The first-order valence-electron chi connectivity index (χ1n) is 18.7. The van der Waals surface area contributed by atoms with Crippen molar-refractivity contribution in [3.63, 3.8) is 0 Å². The van der Waals surface area contributed by atoms with Gasteiger partial charge in [-0.3, -0.25) is 9.59 Å². The highest BCUT2D eigenvalue weighted by Crippen LogP contribution is 2.52. The molecule has 0 heterocycles.